The first-order valence-electron chi connectivity index (χ1n) is 5.97. The van der Waals surface area contributed by atoms with E-state index in [2.05, 4.69) is 15.6 Å². The van der Waals surface area contributed by atoms with E-state index in [1.54, 1.807) is 12.5 Å². The molecule has 19 heavy (non-hydrogen) atoms. The minimum absolute atomic E-state index is 0.0161. The number of carboxylic acids is 1. The van der Waals surface area contributed by atoms with Gasteiger partial charge in [-0.2, -0.15) is 0 Å². The van der Waals surface area contributed by atoms with Crippen LogP contribution in [0.5, 0.6) is 0 Å². The molecule has 1 atom stereocenters. The number of carbonyl (C=O) groups is 2. The predicted octanol–water partition coefficient (Wildman–Crippen LogP) is -0.592. The maximum absolute atomic E-state index is 11.4. The van der Waals surface area contributed by atoms with Crippen molar-refractivity contribution in [3.05, 3.63) is 18.7 Å². The number of aliphatic carboxylic acids is 1. The van der Waals surface area contributed by atoms with Crippen LogP contribution < -0.4 is 10.6 Å². The van der Waals surface area contributed by atoms with Crippen molar-refractivity contribution in [2.24, 2.45) is 0 Å². The molecule has 106 valence electrons. The maximum Gasteiger partial charge on any atom is 0.326 e. The number of aryl methyl sites for hydroxylation is 1. The van der Waals surface area contributed by atoms with Gasteiger partial charge < -0.3 is 25.4 Å². The zero-order valence-corrected chi connectivity index (χ0v) is 10.5. The van der Waals surface area contributed by atoms with Gasteiger partial charge in [0.1, 0.15) is 6.04 Å². The highest BCUT2D eigenvalue weighted by atomic mass is 16.4. The summed E-state index contributed by atoms with van der Waals surface area (Å²) in [6, 6.07) is -1.62. The lowest BCUT2D eigenvalue weighted by Crippen LogP contribution is -2.46. The fraction of sp³-hybridized carbons (Fsp3) is 0.545. The van der Waals surface area contributed by atoms with Crippen LogP contribution in [-0.4, -0.2) is 51.0 Å². The van der Waals surface area contributed by atoms with Crippen LogP contribution in [0.15, 0.2) is 18.7 Å². The molecule has 4 N–H and O–H groups in total. The number of aliphatic hydroxyl groups excluding tert-OH is 1. The van der Waals surface area contributed by atoms with E-state index in [9.17, 15) is 9.59 Å². The van der Waals surface area contributed by atoms with Crippen LogP contribution in [0, 0.1) is 0 Å². The van der Waals surface area contributed by atoms with Crippen molar-refractivity contribution in [1.82, 2.24) is 20.2 Å². The lowest BCUT2D eigenvalue weighted by Gasteiger charge is -2.13. The van der Waals surface area contributed by atoms with Crippen molar-refractivity contribution >= 4 is 12.0 Å². The molecule has 0 saturated heterocycles. The first-order chi connectivity index (χ1) is 9.13. The summed E-state index contributed by atoms with van der Waals surface area (Å²) in [6.07, 6.45) is 5.87. The van der Waals surface area contributed by atoms with E-state index in [-0.39, 0.29) is 13.0 Å². The van der Waals surface area contributed by atoms with E-state index >= 15 is 0 Å². The van der Waals surface area contributed by atoms with Gasteiger partial charge in [-0.1, -0.05) is 0 Å². The van der Waals surface area contributed by atoms with Crippen molar-refractivity contribution in [2.75, 3.05) is 13.2 Å². The second-order valence-electron chi connectivity index (χ2n) is 3.96. The van der Waals surface area contributed by atoms with E-state index in [1.807, 2.05) is 10.8 Å². The van der Waals surface area contributed by atoms with Gasteiger partial charge in [-0.25, -0.2) is 14.6 Å². The third kappa shape index (κ3) is 5.87. The summed E-state index contributed by atoms with van der Waals surface area (Å²) in [5.74, 6) is -1.16. The van der Waals surface area contributed by atoms with Crippen LogP contribution in [0.25, 0.3) is 0 Å². The molecule has 0 spiro atoms. The number of rotatable bonds is 8. The molecule has 0 aliphatic carbocycles. The van der Waals surface area contributed by atoms with Crippen molar-refractivity contribution in [2.45, 2.75) is 25.4 Å². The molecule has 1 heterocycles. The topological polar surface area (TPSA) is 116 Å². The lowest BCUT2D eigenvalue weighted by molar-refractivity contribution is -0.139. The zero-order chi connectivity index (χ0) is 14.1. The first kappa shape index (κ1) is 15.0. The van der Waals surface area contributed by atoms with Gasteiger partial charge in [-0.05, 0) is 6.42 Å². The van der Waals surface area contributed by atoms with Gasteiger partial charge in [0.25, 0.3) is 0 Å². The number of hydrogen-bond acceptors (Lipinski definition) is 4. The van der Waals surface area contributed by atoms with E-state index < -0.39 is 18.0 Å². The number of nitrogens with zero attached hydrogens (tertiary/aromatic N) is 2. The first-order valence-corrected chi connectivity index (χ1v) is 5.97. The van der Waals surface area contributed by atoms with Crippen molar-refractivity contribution in [1.29, 1.82) is 0 Å². The number of urea groups is 1. The Bertz CT molecular complexity index is 393. The monoisotopic (exact) mass is 270 g/mol. The van der Waals surface area contributed by atoms with Gasteiger partial charge in [0, 0.05) is 38.5 Å². The molecular weight excluding hydrogens is 252 g/mol. The Labute approximate surface area is 110 Å². The molecular formula is C11H18N4O4. The Balaban J connectivity index is 2.17. The van der Waals surface area contributed by atoms with Crippen molar-refractivity contribution in [3.63, 3.8) is 0 Å². The normalized spacial score (nSPS) is 11.8. The van der Waals surface area contributed by atoms with Crippen molar-refractivity contribution < 1.29 is 19.8 Å². The number of nitrogens with one attached hydrogen (secondary N) is 2. The minimum atomic E-state index is -1.16. The van der Waals surface area contributed by atoms with Gasteiger partial charge in [-0.15, -0.1) is 0 Å². The van der Waals surface area contributed by atoms with E-state index in [1.165, 1.54) is 0 Å². The average Bonchev–Trinajstić information content (AvgIpc) is 2.87. The number of imidazole rings is 1. The molecule has 1 aromatic rings. The molecule has 1 unspecified atom stereocenters. The number of hydrogen-bond donors (Lipinski definition) is 4. The Morgan fingerprint density at radius 1 is 1.42 bits per heavy atom. The van der Waals surface area contributed by atoms with Gasteiger partial charge in [0.05, 0.1) is 6.33 Å². The number of amides is 2. The molecule has 0 radical (unpaired) electrons. The van der Waals surface area contributed by atoms with Gasteiger partial charge in [0.15, 0.2) is 0 Å². The largest absolute Gasteiger partial charge is 0.480 e. The SMILES string of the molecule is O=C(NCCCn1ccnc1)NC(CCO)C(=O)O. The molecule has 1 rings (SSSR count). The number of aromatic nitrogens is 2. The number of carboxylic acid groups (broad SMARTS) is 1. The highest BCUT2D eigenvalue weighted by molar-refractivity contribution is 5.82. The number of aliphatic hydroxyl groups is 1. The molecule has 0 aliphatic rings. The van der Waals surface area contributed by atoms with Crippen LogP contribution in [0.1, 0.15) is 12.8 Å². The zero-order valence-electron chi connectivity index (χ0n) is 10.5. The maximum atomic E-state index is 11.4. The highest BCUT2D eigenvalue weighted by Gasteiger charge is 2.18. The van der Waals surface area contributed by atoms with E-state index in [0.717, 1.165) is 6.54 Å². The third-order valence-corrected chi connectivity index (χ3v) is 2.46. The molecule has 0 aliphatic heterocycles. The summed E-state index contributed by atoms with van der Waals surface area (Å²) in [5.41, 5.74) is 0. The second-order valence-corrected chi connectivity index (χ2v) is 3.96. The summed E-state index contributed by atoms with van der Waals surface area (Å²) >= 11 is 0. The highest BCUT2D eigenvalue weighted by Crippen LogP contribution is 1.92. The Morgan fingerprint density at radius 2 is 2.21 bits per heavy atom. The Hall–Kier alpha value is -2.09. The van der Waals surface area contributed by atoms with Crippen LogP contribution in [0.2, 0.25) is 0 Å². The molecule has 0 saturated carbocycles. The smallest absolute Gasteiger partial charge is 0.326 e. The Kier molecular flexibility index (Phi) is 6.37. The predicted molar refractivity (Wildman–Crippen MR) is 66.5 cm³/mol. The molecule has 2 amide bonds. The van der Waals surface area contributed by atoms with Crippen LogP contribution in [0.3, 0.4) is 0 Å². The minimum Gasteiger partial charge on any atom is -0.480 e. The van der Waals surface area contributed by atoms with Crippen LogP contribution in [-0.2, 0) is 11.3 Å². The summed E-state index contributed by atoms with van der Waals surface area (Å²) in [7, 11) is 0. The fourth-order valence-electron chi connectivity index (χ4n) is 1.48. The van der Waals surface area contributed by atoms with E-state index in [4.69, 9.17) is 10.2 Å². The quantitative estimate of drug-likeness (QED) is 0.471. The summed E-state index contributed by atoms with van der Waals surface area (Å²) in [5, 5.41) is 22.3. The molecule has 1 aromatic heterocycles. The average molecular weight is 270 g/mol. The van der Waals surface area contributed by atoms with Crippen LogP contribution in [0.4, 0.5) is 4.79 Å². The molecule has 0 aromatic carbocycles. The van der Waals surface area contributed by atoms with Crippen LogP contribution >= 0.6 is 0 Å². The van der Waals surface area contributed by atoms with E-state index in [0.29, 0.717) is 13.0 Å². The third-order valence-electron chi connectivity index (χ3n) is 2.46. The lowest BCUT2D eigenvalue weighted by atomic mass is 10.2. The van der Waals surface area contributed by atoms with Crippen molar-refractivity contribution in [3.8, 4) is 0 Å². The second kappa shape index (κ2) is 8.09. The summed E-state index contributed by atoms with van der Waals surface area (Å²) in [4.78, 5) is 26.0. The van der Waals surface area contributed by atoms with Gasteiger partial charge in [0.2, 0.25) is 0 Å². The standard InChI is InChI=1S/C11H18N4O4/c16-7-2-9(10(17)18)14-11(19)13-3-1-5-15-6-4-12-8-15/h4,6,8-9,16H,1-3,5,7H2,(H,17,18)(H2,13,14,19). The van der Waals surface area contributed by atoms with Gasteiger partial charge >= 0.3 is 12.0 Å². The molecule has 8 heteroatoms. The Morgan fingerprint density at radius 3 is 2.79 bits per heavy atom. The van der Waals surface area contributed by atoms with Gasteiger partial charge in [-0.3, -0.25) is 0 Å². The molecule has 0 fully saturated rings. The molecule has 8 nitrogen and oxygen atoms in total. The molecule has 0 bridgehead atoms. The summed E-state index contributed by atoms with van der Waals surface area (Å²) in [6.45, 7) is 0.854. The fourth-order valence-corrected chi connectivity index (χ4v) is 1.48. The number of carbonyl (C=O) groups excluding carboxylic acids is 1. The summed E-state index contributed by atoms with van der Waals surface area (Å²) < 4.78 is 1.88.